The summed E-state index contributed by atoms with van der Waals surface area (Å²) in [6, 6.07) is 6.37. The summed E-state index contributed by atoms with van der Waals surface area (Å²) in [7, 11) is 0. The zero-order chi connectivity index (χ0) is 17.8. The average molecular weight is 359 g/mol. The Morgan fingerprint density at radius 2 is 1.96 bits per heavy atom. The number of aryl methyl sites for hydroxylation is 2. The topological polar surface area (TPSA) is 68.0 Å². The maximum atomic E-state index is 12.1. The Morgan fingerprint density at radius 1 is 1.20 bits per heavy atom. The molecule has 1 heterocycles. The molecule has 6 heteroatoms. The van der Waals surface area contributed by atoms with Gasteiger partial charge in [0, 0.05) is 11.6 Å². The number of carbonyl (C=O) groups excluding carboxylic acids is 1. The van der Waals surface area contributed by atoms with E-state index in [9.17, 15) is 4.79 Å². The number of aromatic nitrogens is 2. The van der Waals surface area contributed by atoms with E-state index in [-0.39, 0.29) is 5.91 Å². The first-order chi connectivity index (χ1) is 12.0. The molecule has 0 aliphatic heterocycles. The minimum Gasteiger partial charge on any atom is -0.411 e. The van der Waals surface area contributed by atoms with Crippen molar-refractivity contribution in [3.8, 4) is 11.5 Å². The van der Waals surface area contributed by atoms with Crippen LogP contribution in [0.4, 0.5) is 0 Å². The Labute approximate surface area is 153 Å². The van der Waals surface area contributed by atoms with E-state index in [0.717, 1.165) is 24.3 Å². The lowest BCUT2D eigenvalue weighted by Gasteiger charge is -2.26. The van der Waals surface area contributed by atoms with Crippen molar-refractivity contribution in [1.82, 2.24) is 15.5 Å². The summed E-state index contributed by atoms with van der Waals surface area (Å²) in [6.07, 6.45) is 4.55. The van der Waals surface area contributed by atoms with Crippen LogP contribution in [0.5, 0.6) is 0 Å². The molecule has 0 spiro atoms. The molecule has 0 saturated heterocycles. The van der Waals surface area contributed by atoms with Crippen molar-refractivity contribution < 1.29 is 9.21 Å². The number of hydrogen-bond donors (Lipinski definition) is 1. The van der Waals surface area contributed by atoms with Crippen molar-refractivity contribution in [1.29, 1.82) is 0 Å². The van der Waals surface area contributed by atoms with Crippen LogP contribution in [0.2, 0.25) is 0 Å². The molecule has 1 amide bonds. The molecule has 0 atom stereocenters. The van der Waals surface area contributed by atoms with Gasteiger partial charge in [-0.2, -0.15) is 0 Å². The molecule has 1 aliphatic rings. The SMILES string of the molecule is Cc1ccc(-c2nnc(SCC(=O)NC3CCC(C)CC3)o2)cc1C. The Bertz CT molecular complexity index is 736. The van der Waals surface area contributed by atoms with Crippen LogP contribution in [-0.2, 0) is 4.79 Å². The molecule has 25 heavy (non-hydrogen) atoms. The highest BCUT2D eigenvalue weighted by Gasteiger charge is 2.20. The molecule has 0 radical (unpaired) electrons. The van der Waals surface area contributed by atoms with Gasteiger partial charge in [0.1, 0.15) is 0 Å². The number of nitrogens with one attached hydrogen (secondary N) is 1. The van der Waals surface area contributed by atoms with Gasteiger partial charge in [-0.05, 0) is 68.7 Å². The molecule has 1 saturated carbocycles. The van der Waals surface area contributed by atoms with Crippen LogP contribution in [-0.4, -0.2) is 27.9 Å². The molecule has 0 unspecified atom stereocenters. The summed E-state index contributed by atoms with van der Waals surface area (Å²) in [4.78, 5) is 12.1. The van der Waals surface area contributed by atoms with E-state index < -0.39 is 0 Å². The largest absolute Gasteiger partial charge is 0.411 e. The van der Waals surface area contributed by atoms with E-state index in [2.05, 4.69) is 36.3 Å². The van der Waals surface area contributed by atoms with Gasteiger partial charge in [0.15, 0.2) is 0 Å². The normalized spacial score (nSPS) is 20.4. The smallest absolute Gasteiger partial charge is 0.277 e. The highest BCUT2D eigenvalue weighted by Crippen LogP contribution is 2.26. The first kappa shape index (κ1) is 18.0. The highest BCUT2D eigenvalue weighted by molar-refractivity contribution is 7.99. The first-order valence-electron chi connectivity index (χ1n) is 8.84. The molecule has 1 aliphatic carbocycles. The van der Waals surface area contributed by atoms with Gasteiger partial charge in [0.2, 0.25) is 11.8 Å². The third-order valence-electron chi connectivity index (χ3n) is 4.87. The van der Waals surface area contributed by atoms with Gasteiger partial charge < -0.3 is 9.73 Å². The number of rotatable bonds is 5. The zero-order valence-corrected chi connectivity index (χ0v) is 15.9. The fourth-order valence-electron chi connectivity index (χ4n) is 3.06. The number of carbonyl (C=O) groups is 1. The zero-order valence-electron chi connectivity index (χ0n) is 15.0. The van der Waals surface area contributed by atoms with Crippen LogP contribution in [0, 0.1) is 19.8 Å². The highest BCUT2D eigenvalue weighted by atomic mass is 32.2. The fraction of sp³-hybridized carbons (Fsp3) is 0.526. The molecule has 134 valence electrons. The third kappa shape index (κ3) is 4.84. The number of amides is 1. The maximum absolute atomic E-state index is 12.1. The van der Waals surface area contributed by atoms with E-state index in [0.29, 0.717) is 22.9 Å². The lowest BCUT2D eigenvalue weighted by Crippen LogP contribution is -2.38. The summed E-state index contributed by atoms with van der Waals surface area (Å²) in [6.45, 7) is 6.40. The van der Waals surface area contributed by atoms with Crippen LogP contribution < -0.4 is 5.32 Å². The van der Waals surface area contributed by atoms with Crippen LogP contribution in [0.25, 0.3) is 11.5 Å². The third-order valence-corrected chi connectivity index (χ3v) is 5.69. The predicted octanol–water partition coefficient (Wildman–Crippen LogP) is 4.14. The Balaban J connectivity index is 1.51. The molecule has 3 rings (SSSR count). The number of benzene rings is 1. The summed E-state index contributed by atoms with van der Waals surface area (Å²) in [5, 5.41) is 11.7. The van der Waals surface area contributed by atoms with Crippen LogP contribution in [0.3, 0.4) is 0 Å². The Hall–Kier alpha value is -1.82. The minimum atomic E-state index is 0.0375. The molecule has 1 aromatic carbocycles. The molecule has 1 N–H and O–H groups in total. The predicted molar refractivity (Wildman–Crippen MR) is 99.5 cm³/mol. The van der Waals surface area contributed by atoms with Crippen molar-refractivity contribution in [2.45, 2.75) is 57.7 Å². The van der Waals surface area contributed by atoms with Gasteiger partial charge in [-0.15, -0.1) is 10.2 Å². The van der Waals surface area contributed by atoms with Crippen molar-refractivity contribution in [3.63, 3.8) is 0 Å². The van der Waals surface area contributed by atoms with Crippen LogP contribution in [0.15, 0.2) is 27.8 Å². The van der Waals surface area contributed by atoms with E-state index >= 15 is 0 Å². The van der Waals surface area contributed by atoms with E-state index in [1.54, 1.807) is 0 Å². The molecular weight excluding hydrogens is 334 g/mol. The molecule has 2 aromatic rings. The lowest BCUT2D eigenvalue weighted by molar-refractivity contribution is -0.119. The van der Waals surface area contributed by atoms with Crippen LogP contribution >= 0.6 is 11.8 Å². The first-order valence-corrected chi connectivity index (χ1v) is 9.83. The lowest BCUT2D eigenvalue weighted by atomic mass is 9.87. The number of nitrogens with zero attached hydrogens (tertiary/aromatic N) is 2. The van der Waals surface area contributed by atoms with Crippen molar-refractivity contribution in [3.05, 3.63) is 29.3 Å². The second-order valence-electron chi connectivity index (χ2n) is 6.99. The summed E-state index contributed by atoms with van der Waals surface area (Å²) >= 11 is 1.29. The van der Waals surface area contributed by atoms with Crippen molar-refractivity contribution >= 4 is 17.7 Å². The van der Waals surface area contributed by atoms with E-state index in [4.69, 9.17) is 4.42 Å². The molecule has 0 bridgehead atoms. The quantitative estimate of drug-likeness (QED) is 0.813. The second-order valence-corrected chi connectivity index (χ2v) is 7.91. The van der Waals surface area contributed by atoms with E-state index in [1.165, 1.54) is 35.7 Å². The summed E-state index contributed by atoms with van der Waals surface area (Å²) in [5.41, 5.74) is 3.32. The van der Waals surface area contributed by atoms with Crippen molar-refractivity contribution in [2.75, 3.05) is 5.75 Å². The number of thioether (sulfide) groups is 1. The van der Waals surface area contributed by atoms with Gasteiger partial charge in [-0.3, -0.25) is 4.79 Å². The molecular formula is C19H25N3O2S. The summed E-state index contributed by atoms with van der Waals surface area (Å²) in [5.74, 6) is 1.62. The van der Waals surface area contributed by atoms with Gasteiger partial charge in [-0.25, -0.2) is 0 Å². The number of hydrogen-bond acceptors (Lipinski definition) is 5. The minimum absolute atomic E-state index is 0.0375. The average Bonchev–Trinajstić information content (AvgIpc) is 3.07. The van der Waals surface area contributed by atoms with Gasteiger partial charge in [-0.1, -0.05) is 24.8 Å². The van der Waals surface area contributed by atoms with E-state index in [1.807, 2.05) is 18.2 Å². The summed E-state index contributed by atoms with van der Waals surface area (Å²) < 4.78 is 5.68. The second kappa shape index (κ2) is 8.04. The standard InChI is InChI=1S/C19H25N3O2S/c1-12-4-8-16(9-5-12)20-17(23)11-25-19-22-21-18(24-19)15-7-6-13(2)14(3)10-15/h6-7,10,12,16H,4-5,8-9,11H2,1-3H3,(H,20,23). The Kier molecular flexibility index (Phi) is 5.78. The molecule has 1 fully saturated rings. The Morgan fingerprint density at radius 3 is 2.68 bits per heavy atom. The molecule has 1 aromatic heterocycles. The molecule has 5 nitrogen and oxygen atoms in total. The monoisotopic (exact) mass is 359 g/mol. The fourth-order valence-corrected chi connectivity index (χ4v) is 3.63. The maximum Gasteiger partial charge on any atom is 0.277 e. The van der Waals surface area contributed by atoms with Gasteiger partial charge >= 0.3 is 0 Å². The van der Waals surface area contributed by atoms with Crippen molar-refractivity contribution in [2.24, 2.45) is 5.92 Å². The van der Waals surface area contributed by atoms with Crippen LogP contribution in [0.1, 0.15) is 43.7 Å². The van der Waals surface area contributed by atoms with Gasteiger partial charge in [0.25, 0.3) is 5.22 Å². The van der Waals surface area contributed by atoms with Gasteiger partial charge in [0.05, 0.1) is 5.75 Å².